The van der Waals surface area contributed by atoms with Crippen LogP contribution in [-0.2, 0) is 4.74 Å². The molecule has 1 aliphatic rings. The summed E-state index contributed by atoms with van der Waals surface area (Å²) in [6.45, 7) is 0. The summed E-state index contributed by atoms with van der Waals surface area (Å²) in [5, 5.41) is 9.06. The van der Waals surface area contributed by atoms with Crippen molar-refractivity contribution >= 4 is 23.9 Å². The lowest BCUT2D eigenvalue weighted by atomic mass is 10.1. The second-order valence-electron chi connectivity index (χ2n) is 4.62. The summed E-state index contributed by atoms with van der Waals surface area (Å²) in [6, 6.07) is 9.39. The van der Waals surface area contributed by atoms with Crippen molar-refractivity contribution in [2.75, 3.05) is 0 Å². The SMILES string of the molecule is O=C(O)c1ccccc1C(=O)Oc1ccc2c(c1)C(=O)OC2=O. The van der Waals surface area contributed by atoms with Gasteiger partial charge in [0.15, 0.2) is 0 Å². The molecule has 23 heavy (non-hydrogen) atoms. The molecular formula is C16H8O7. The van der Waals surface area contributed by atoms with Gasteiger partial charge < -0.3 is 14.6 Å². The van der Waals surface area contributed by atoms with E-state index in [9.17, 15) is 19.2 Å². The van der Waals surface area contributed by atoms with Crippen molar-refractivity contribution in [1.29, 1.82) is 0 Å². The van der Waals surface area contributed by atoms with Crippen molar-refractivity contribution in [3.8, 4) is 5.75 Å². The average molecular weight is 312 g/mol. The van der Waals surface area contributed by atoms with Crippen LogP contribution >= 0.6 is 0 Å². The van der Waals surface area contributed by atoms with E-state index in [1.165, 1.54) is 42.5 Å². The number of benzene rings is 2. The molecule has 0 radical (unpaired) electrons. The highest BCUT2D eigenvalue weighted by Crippen LogP contribution is 2.25. The molecule has 2 aromatic rings. The Labute approximate surface area is 129 Å². The maximum Gasteiger partial charge on any atom is 0.347 e. The van der Waals surface area contributed by atoms with E-state index in [2.05, 4.69) is 4.74 Å². The zero-order chi connectivity index (χ0) is 16.6. The number of cyclic esters (lactones) is 2. The minimum absolute atomic E-state index is 0.000548. The van der Waals surface area contributed by atoms with Gasteiger partial charge in [-0.05, 0) is 30.3 Å². The van der Waals surface area contributed by atoms with Gasteiger partial charge in [0.25, 0.3) is 0 Å². The number of carbonyl (C=O) groups is 4. The third kappa shape index (κ3) is 2.55. The molecule has 3 rings (SSSR count). The summed E-state index contributed by atoms with van der Waals surface area (Å²) in [5.74, 6) is -3.74. The number of carboxylic acids is 1. The van der Waals surface area contributed by atoms with E-state index in [1.54, 1.807) is 0 Å². The van der Waals surface area contributed by atoms with Gasteiger partial charge in [-0.1, -0.05) is 12.1 Å². The minimum Gasteiger partial charge on any atom is -0.478 e. The first-order valence-electron chi connectivity index (χ1n) is 6.42. The Kier molecular flexibility index (Phi) is 3.38. The fourth-order valence-corrected chi connectivity index (χ4v) is 2.14. The van der Waals surface area contributed by atoms with Crippen molar-refractivity contribution in [2.24, 2.45) is 0 Å². The standard InChI is InChI=1S/C16H8O7/c17-13(18)9-3-1-2-4-10(9)14(19)22-8-5-6-11-12(7-8)16(21)23-15(11)20/h1-7H,(H,17,18). The summed E-state index contributed by atoms with van der Waals surface area (Å²) >= 11 is 0. The maximum atomic E-state index is 12.1. The molecule has 1 N–H and O–H groups in total. The summed E-state index contributed by atoms with van der Waals surface area (Å²) in [5.41, 5.74) is -0.250. The van der Waals surface area contributed by atoms with Crippen LogP contribution in [0.1, 0.15) is 41.4 Å². The third-order valence-corrected chi connectivity index (χ3v) is 3.20. The molecule has 114 valence electrons. The number of aromatic carboxylic acids is 1. The van der Waals surface area contributed by atoms with Crippen LogP contribution in [0.25, 0.3) is 0 Å². The maximum absolute atomic E-state index is 12.1. The predicted octanol–water partition coefficient (Wildman–Crippen LogP) is 1.91. The minimum atomic E-state index is -1.26. The number of carboxylic acid groups (broad SMARTS) is 1. The number of ether oxygens (including phenoxy) is 2. The van der Waals surface area contributed by atoms with E-state index in [4.69, 9.17) is 9.84 Å². The number of hydrogen-bond donors (Lipinski definition) is 1. The molecule has 0 unspecified atom stereocenters. The lowest BCUT2D eigenvalue weighted by Gasteiger charge is -2.07. The van der Waals surface area contributed by atoms with Crippen molar-refractivity contribution in [2.45, 2.75) is 0 Å². The van der Waals surface area contributed by atoms with Gasteiger partial charge in [-0.3, -0.25) is 0 Å². The highest BCUT2D eigenvalue weighted by atomic mass is 16.6. The predicted molar refractivity (Wildman–Crippen MR) is 74.5 cm³/mol. The summed E-state index contributed by atoms with van der Waals surface area (Å²) in [6.07, 6.45) is 0. The smallest absolute Gasteiger partial charge is 0.347 e. The highest BCUT2D eigenvalue weighted by Gasteiger charge is 2.30. The van der Waals surface area contributed by atoms with Crippen LogP contribution in [0.5, 0.6) is 5.75 Å². The Morgan fingerprint density at radius 1 is 0.913 bits per heavy atom. The Hall–Kier alpha value is -3.48. The molecule has 0 saturated heterocycles. The Morgan fingerprint density at radius 3 is 2.26 bits per heavy atom. The van der Waals surface area contributed by atoms with Crippen LogP contribution in [0.4, 0.5) is 0 Å². The van der Waals surface area contributed by atoms with Crippen molar-refractivity contribution < 1.29 is 33.8 Å². The van der Waals surface area contributed by atoms with Crippen LogP contribution in [-0.4, -0.2) is 29.0 Å². The van der Waals surface area contributed by atoms with E-state index in [0.717, 1.165) is 0 Å². The number of rotatable bonds is 3. The van der Waals surface area contributed by atoms with Gasteiger partial charge in [-0.25, -0.2) is 19.2 Å². The van der Waals surface area contributed by atoms with Gasteiger partial charge >= 0.3 is 23.9 Å². The molecule has 0 atom stereocenters. The second-order valence-corrected chi connectivity index (χ2v) is 4.62. The number of hydrogen-bond acceptors (Lipinski definition) is 6. The summed E-state index contributed by atoms with van der Waals surface area (Å²) in [4.78, 5) is 46.0. The molecule has 0 amide bonds. The first-order valence-corrected chi connectivity index (χ1v) is 6.42. The van der Waals surface area contributed by atoms with Crippen LogP contribution in [0.3, 0.4) is 0 Å². The summed E-state index contributed by atoms with van der Waals surface area (Å²) < 4.78 is 9.51. The molecule has 0 spiro atoms. The summed E-state index contributed by atoms with van der Waals surface area (Å²) in [7, 11) is 0. The van der Waals surface area contributed by atoms with Crippen molar-refractivity contribution in [3.63, 3.8) is 0 Å². The van der Waals surface area contributed by atoms with E-state index < -0.39 is 23.9 Å². The Morgan fingerprint density at radius 2 is 1.57 bits per heavy atom. The first-order chi connectivity index (χ1) is 11.0. The van der Waals surface area contributed by atoms with Crippen molar-refractivity contribution in [3.05, 3.63) is 64.7 Å². The molecule has 0 saturated carbocycles. The lowest BCUT2D eigenvalue weighted by Crippen LogP contribution is -2.14. The molecule has 0 aromatic heterocycles. The zero-order valence-corrected chi connectivity index (χ0v) is 11.4. The van der Waals surface area contributed by atoms with E-state index in [-0.39, 0.29) is 28.0 Å². The first kappa shape index (κ1) is 14.5. The third-order valence-electron chi connectivity index (χ3n) is 3.20. The molecular weight excluding hydrogens is 304 g/mol. The van der Waals surface area contributed by atoms with Gasteiger partial charge in [-0.2, -0.15) is 0 Å². The highest BCUT2D eigenvalue weighted by molar-refractivity contribution is 6.15. The number of esters is 3. The van der Waals surface area contributed by atoms with Gasteiger partial charge in [-0.15, -0.1) is 0 Å². The molecule has 0 fully saturated rings. The van der Waals surface area contributed by atoms with Gasteiger partial charge in [0.1, 0.15) is 5.75 Å². The Bertz CT molecular complexity index is 866. The largest absolute Gasteiger partial charge is 0.478 e. The van der Waals surface area contributed by atoms with Crippen LogP contribution in [0, 0.1) is 0 Å². The average Bonchev–Trinajstić information content (AvgIpc) is 2.81. The fourth-order valence-electron chi connectivity index (χ4n) is 2.14. The van der Waals surface area contributed by atoms with Gasteiger partial charge in [0.2, 0.25) is 0 Å². The van der Waals surface area contributed by atoms with Crippen LogP contribution in [0.15, 0.2) is 42.5 Å². The molecule has 1 heterocycles. The van der Waals surface area contributed by atoms with E-state index >= 15 is 0 Å². The fraction of sp³-hybridized carbons (Fsp3) is 0. The molecule has 7 nitrogen and oxygen atoms in total. The van der Waals surface area contributed by atoms with E-state index in [1.807, 2.05) is 0 Å². The topological polar surface area (TPSA) is 107 Å². The second kappa shape index (κ2) is 5.38. The molecule has 0 bridgehead atoms. The molecule has 2 aromatic carbocycles. The lowest BCUT2D eigenvalue weighted by molar-refractivity contribution is 0.0442. The normalized spacial score (nSPS) is 12.5. The molecule has 1 aliphatic heterocycles. The number of fused-ring (bicyclic) bond motifs is 1. The molecule has 7 heteroatoms. The quantitative estimate of drug-likeness (QED) is 0.524. The zero-order valence-electron chi connectivity index (χ0n) is 11.4. The van der Waals surface area contributed by atoms with Crippen molar-refractivity contribution in [1.82, 2.24) is 0 Å². The molecule has 0 aliphatic carbocycles. The van der Waals surface area contributed by atoms with Crippen LogP contribution in [0.2, 0.25) is 0 Å². The van der Waals surface area contributed by atoms with Gasteiger partial charge in [0.05, 0.1) is 22.3 Å². The van der Waals surface area contributed by atoms with E-state index in [0.29, 0.717) is 0 Å². The monoisotopic (exact) mass is 312 g/mol. The van der Waals surface area contributed by atoms with Crippen LogP contribution < -0.4 is 4.74 Å². The Balaban J connectivity index is 1.90. The van der Waals surface area contributed by atoms with Gasteiger partial charge in [0, 0.05) is 0 Å². The number of carbonyl (C=O) groups excluding carboxylic acids is 3.